The number of carbonyl (C=O) groups excluding carboxylic acids is 2. The molecule has 1 heterocycles. The van der Waals surface area contributed by atoms with Gasteiger partial charge >= 0.3 is 11.9 Å². The molecule has 0 radical (unpaired) electrons. The fourth-order valence-electron chi connectivity index (χ4n) is 1.97. The molecule has 0 saturated carbocycles. The Kier molecular flexibility index (Phi) is 5.87. The number of aryl methyl sites for hydroxylation is 2. The van der Waals surface area contributed by atoms with E-state index in [1.165, 1.54) is 13.2 Å². The molecule has 128 valence electrons. The molecule has 0 aliphatic rings. The fourth-order valence-corrected chi connectivity index (χ4v) is 2.09. The van der Waals surface area contributed by atoms with Crippen LogP contribution in [0.3, 0.4) is 0 Å². The Morgan fingerprint density at radius 2 is 1.96 bits per heavy atom. The molecule has 0 amide bonds. The average Bonchev–Trinajstić information content (AvgIpc) is 2.94. The van der Waals surface area contributed by atoms with Crippen molar-refractivity contribution in [3.05, 3.63) is 51.9 Å². The molecule has 24 heavy (non-hydrogen) atoms. The lowest BCUT2D eigenvalue weighted by atomic mass is 10.2. The van der Waals surface area contributed by atoms with Crippen LogP contribution in [0.5, 0.6) is 5.75 Å². The molecule has 0 bridgehead atoms. The molecule has 6 nitrogen and oxygen atoms in total. The topological polar surface area (TPSA) is 75.0 Å². The lowest BCUT2D eigenvalue weighted by Crippen LogP contribution is -2.14. The van der Waals surface area contributed by atoms with Crippen molar-refractivity contribution >= 4 is 23.5 Å². The number of rotatable bonds is 6. The van der Waals surface area contributed by atoms with Gasteiger partial charge in [0, 0.05) is 5.02 Å². The summed E-state index contributed by atoms with van der Waals surface area (Å²) < 4.78 is 20.4. The van der Waals surface area contributed by atoms with Crippen LogP contribution in [0.1, 0.15) is 27.4 Å². The summed E-state index contributed by atoms with van der Waals surface area (Å²) in [5, 5.41) is 0.625. The number of furan rings is 1. The number of carbonyl (C=O) groups is 2. The van der Waals surface area contributed by atoms with Gasteiger partial charge < -0.3 is 18.6 Å². The second-order valence-electron chi connectivity index (χ2n) is 5.03. The van der Waals surface area contributed by atoms with E-state index in [0.717, 1.165) is 5.56 Å². The fraction of sp³-hybridized carbons (Fsp3) is 0.294. The van der Waals surface area contributed by atoms with Crippen molar-refractivity contribution in [2.75, 3.05) is 13.7 Å². The molecule has 0 atom stereocenters. The molecule has 2 aromatic rings. The third-order valence-electron chi connectivity index (χ3n) is 3.24. The van der Waals surface area contributed by atoms with Gasteiger partial charge in [0.15, 0.2) is 6.61 Å². The number of hydrogen-bond acceptors (Lipinski definition) is 6. The molecule has 2 rings (SSSR count). The Balaban J connectivity index is 1.85. The number of benzene rings is 1. The van der Waals surface area contributed by atoms with Gasteiger partial charge in [-0.15, -0.1) is 0 Å². The molecule has 0 unspecified atom stereocenters. The number of halogens is 1. The van der Waals surface area contributed by atoms with Crippen LogP contribution in [0.25, 0.3) is 0 Å². The zero-order valence-corrected chi connectivity index (χ0v) is 14.3. The lowest BCUT2D eigenvalue weighted by molar-refractivity contribution is -0.147. The maximum atomic E-state index is 11.7. The van der Waals surface area contributed by atoms with Crippen LogP contribution >= 0.6 is 11.6 Å². The minimum Gasteiger partial charge on any atom is -0.482 e. The first-order valence-electron chi connectivity index (χ1n) is 7.13. The van der Waals surface area contributed by atoms with Crippen molar-refractivity contribution in [2.45, 2.75) is 20.5 Å². The largest absolute Gasteiger partial charge is 0.482 e. The van der Waals surface area contributed by atoms with Crippen LogP contribution in [0.4, 0.5) is 0 Å². The second kappa shape index (κ2) is 7.88. The van der Waals surface area contributed by atoms with Crippen LogP contribution in [-0.2, 0) is 20.9 Å². The lowest BCUT2D eigenvalue weighted by Gasteiger charge is -2.07. The maximum Gasteiger partial charge on any atom is 0.344 e. The molecule has 0 N–H and O–H groups in total. The predicted octanol–water partition coefficient (Wildman–Crippen LogP) is 3.46. The van der Waals surface area contributed by atoms with Crippen molar-refractivity contribution in [3.8, 4) is 5.75 Å². The summed E-state index contributed by atoms with van der Waals surface area (Å²) in [4.78, 5) is 23.2. The first-order chi connectivity index (χ1) is 11.4. The standard InChI is InChI=1S/C17H17ClO6/c1-10-6-12(4-5-15(10)18)22-9-16(19)23-8-13-7-14(11(2)24-13)17(20)21-3/h4-7H,8-9H2,1-3H3. The monoisotopic (exact) mass is 352 g/mol. The van der Waals surface area contributed by atoms with Crippen LogP contribution < -0.4 is 4.74 Å². The van der Waals surface area contributed by atoms with Gasteiger partial charge in [0.2, 0.25) is 0 Å². The summed E-state index contributed by atoms with van der Waals surface area (Å²) in [5.41, 5.74) is 1.15. The average molecular weight is 353 g/mol. The molecular formula is C17H17ClO6. The summed E-state index contributed by atoms with van der Waals surface area (Å²) in [7, 11) is 1.28. The highest BCUT2D eigenvalue weighted by Gasteiger charge is 2.16. The Hall–Kier alpha value is -2.47. The molecule has 0 spiro atoms. The maximum absolute atomic E-state index is 11.7. The molecule has 1 aromatic carbocycles. The first-order valence-corrected chi connectivity index (χ1v) is 7.50. The molecule has 0 aliphatic carbocycles. The van der Waals surface area contributed by atoms with Gasteiger partial charge in [0.25, 0.3) is 0 Å². The van der Waals surface area contributed by atoms with Crippen molar-refractivity contribution in [3.63, 3.8) is 0 Å². The van der Waals surface area contributed by atoms with Gasteiger partial charge in [0.05, 0.1) is 7.11 Å². The highest BCUT2D eigenvalue weighted by Crippen LogP contribution is 2.21. The Bertz CT molecular complexity index is 750. The minimum absolute atomic E-state index is 0.0975. The van der Waals surface area contributed by atoms with E-state index in [4.69, 9.17) is 25.5 Å². The van der Waals surface area contributed by atoms with E-state index in [-0.39, 0.29) is 13.2 Å². The Morgan fingerprint density at radius 3 is 2.62 bits per heavy atom. The molecule has 0 aliphatic heterocycles. The van der Waals surface area contributed by atoms with Crippen molar-refractivity contribution < 1.29 is 28.2 Å². The quantitative estimate of drug-likeness (QED) is 0.741. The van der Waals surface area contributed by atoms with E-state index >= 15 is 0 Å². The van der Waals surface area contributed by atoms with Gasteiger partial charge in [-0.25, -0.2) is 9.59 Å². The predicted molar refractivity (Wildman–Crippen MR) is 86.3 cm³/mol. The smallest absolute Gasteiger partial charge is 0.344 e. The highest BCUT2D eigenvalue weighted by molar-refractivity contribution is 6.31. The number of methoxy groups -OCH3 is 1. The van der Waals surface area contributed by atoms with Crippen molar-refractivity contribution in [1.29, 1.82) is 0 Å². The van der Waals surface area contributed by atoms with Crippen LogP contribution in [0.15, 0.2) is 28.7 Å². The summed E-state index contributed by atoms with van der Waals surface area (Å²) in [5.74, 6) is 0.214. The third-order valence-corrected chi connectivity index (χ3v) is 3.66. The van der Waals surface area contributed by atoms with Gasteiger partial charge in [-0.2, -0.15) is 0 Å². The van der Waals surface area contributed by atoms with Gasteiger partial charge in [-0.1, -0.05) is 11.6 Å². The molecular weight excluding hydrogens is 336 g/mol. The van der Waals surface area contributed by atoms with E-state index < -0.39 is 11.9 Å². The zero-order chi connectivity index (χ0) is 17.7. The van der Waals surface area contributed by atoms with Crippen LogP contribution in [-0.4, -0.2) is 25.7 Å². The molecule has 0 fully saturated rings. The number of ether oxygens (including phenoxy) is 3. The Morgan fingerprint density at radius 1 is 1.21 bits per heavy atom. The Labute approximate surface area is 144 Å². The van der Waals surface area contributed by atoms with E-state index in [9.17, 15) is 9.59 Å². The van der Waals surface area contributed by atoms with Gasteiger partial charge in [-0.3, -0.25) is 0 Å². The normalized spacial score (nSPS) is 10.3. The summed E-state index contributed by atoms with van der Waals surface area (Å²) in [6.07, 6.45) is 0. The van der Waals surface area contributed by atoms with E-state index in [1.54, 1.807) is 25.1 Å². The second-order valence-corrected chi connectivity index (χ2v) is 5.44. The van der Waals surface area contributed by atoms with E-state index in [1.807, 2.05) is 6.92 Å². The van der Waals surface area contributed by atoms with E-state index in [0.29, 0.717) is 27.9 Å². The van der Waals surface area contributed by atoms with Crippen LogP contribution in [0.2, 0.25) is 5.02 Å². The minimum atomic E-state index is -0.559. The molecule has 7 heteroatoms. The first kappa shape index (κ1) is 17.9. The summed E-state index contributed by atoms with van der Waals surface area (Å²) in [6.45, 7) is 3.12. The summed E-state index contributed by atoms with van der Waals surface area (Å²) >= 11 is 5.92. The summed E-state index contributed by atoms with van der Waals surface area (Å²) in [6, 6.07) is 6.57. The van der Waals surface area contributed by atoms with Crippen molar-refractivity contribution in [1.82, 2.24) is 0 Å². The molecule has 1 aromatic heterocycles. The SMILES string of the molecule is COC(=O)c1cc(COC(=O)COc2ccc(Cl)c(C)c2)oc1C. The third kappa shape index (κ3) is 4.52. The van der Waals surface area contributed by atoms with Crippen molar-refractivity contribution in [2.24, 2.45) is 0 Å². The number of hydrogen-bond donors (Lipinski definition) is 0. The highest BCUT2D eigenvalue weighted by atomic mass is 35.5. The van der Waals surface area contributed by atoms with Gasteiger partial charge in [-0.05, 0) is 43.7 Å². The zero-order valence-electron chi connectivity index (χ0n) is 13.6. The number of esters is 2. The van der Waals surface area contributed by atoms with E-state index in [2.05, 4.69) is 4.74 Å². The van der Waals surface area contributed by atoms with Gasteiger partial charge in [0.1, 0.15) is 29.4 Å². The van der Waals surface area contributed by atoms with Crippen LogP contribution in [0, 0.1) is 13.8 Å². The molecule has 0 saturated heterocycles.